The summed E-state index contributed by atoms with van der Waals surface area (Å²) in [6.07, 6.45) is 1.73. The maximum atomic E-state index is 14.0. The number of carbonyl (C=O) groups excluding carboxylic acids is 1. The Kier molecular flexibility index (Phi) is 7.84. The van der Waals surface area contributed by atoms with Crippen LogP contribution in [0.3, 0.4) is 0 Å². The van der Waals surface area contributed by atoms with E-state index in [1.165, 1.54) is 17.4 Å². The Morgan fingerprint density at radius 2 is 1.80 bits per heavy atom. The molecule has 0 radical (unpaired) electrons. The lowest BCUT2D eigenvalue weighted by molar-refractivity contribution is -0.138. The number of esters is 1. The van der Waals surface area contributed by atoms with E-state index < -0.39 is 12.0 Å². The van der Waals surface area contributed by atoms with E-state index in [0.29, 0.717) is 44.3 Å². The van der Waals surface area contributed by atoms with Gasteiger partial charge in [-0.1, -0.05) is 59.9 Å². The molecule has 1 aliphatic heterocycles. The summed E-state index contributed by atoms with van der Waals surface area (Å²) in [5, 5.41) is 10.1. The summed E-state index contributed by atoms with van der Waals surface area (Å²) in [4.78, 5) is 32.8. The van der Waals surface area contributed by atoms with Crippen molar-refractivity contribution < 1.29 is 24.1 Å². The zero-order chi connectivity index (χ0) is 28.2. The molecule has 2 heterocycles. The van der Waals surface area contributed by atoms with Crippen molar-refractivity contribution in [2.45, 2.75) is 19.9 Å². The molecule has 5 rings (SSSR count). The molecule has 0 aliphatic carbocycles. The molecular formula is C31H28N2O6S. The molecule has 9 heteroatoms. The van der Waals surface area contributed by atoms with Gasteiger partial charge in [-0.15, -0.1) is 0 Å². The van der Waals surface area contributed by atoms with Gasteiger partial charge in [0, 0.05) is 5.56 Å². The highest BCUT2D eigenvalue weighted by atomic mass is 32.1. The molecule has 1 aromatic heterocycles. The van der Waals surface area contributed by atoms with Crippen LogP contribution in [0.5, 0.6) is 17.2 Å². The van der Waals surface area contributed by atoms with Gasteiger partial charge in [0.25, 0.3) is 5.56 Å². The quantitative estimate of drug-likeness (QED) is 0.329. The molecule has 3 aromatic carbocycles. The van der Waals surface area contributed by atoms with Gasteiger partial charge >= 0.3 is 5.97 Å². The van der Waals surface area contributed by atoms with Gasteiger partial charge in [-0.2, -0.15) is 0 Å². The molecule has 0 spiro atoms. The van der Waals surface area contributed by atoms with Crippen molar-refractivity contribution in [2.24, 2.45) is 4.99 Å². The van der Waals surface area contributed by atoms with Crippen LogP contribution >= 0.6 is 11.3 Å². The number of hydrogen-bond acceptors (Lipinski definition) is 8. The van der Waals surface area contributed by atoms with Crippen LogP contribution in [0.15, 0.2) is 88.2 Å². The van der Waals surface area contributed by atoms with Gasteiger partial charge in [0.05, 0.1) is 42.2 Å². The van der Waals surface area contributed by atoms with E-state index in [0.717, 1.165) is 5.56 Å². The summed E-state index contributed by atoms with van der Waals surface area (Å²) in [7, 11) is 1.58. The SMILES string of the molecule is CCOC(=O)C1=C(c2ccccc2)N=c2s/c(=C\c3ccc(O)c(OCC)c3)c(=O)n2[C@@H]1c1ccc(OC)cc1. The Bertz CT molecular complexity index is 1750. The highest BCUT2D eigenvalue weighted by Crippen LogP contribution is 2.35. The van der Waals surface area contributed by atoms with Crippen molar-refractivity contribution in [2.75, 3.05) is 20.3 Å². The third-order valence-corrected chi connectivity index (χ3v) is 7.37. The Balaban J connectivity index is 1.78. The first-order valence-electron chi connectivity index (χ1n) is 12.8. The second-order valence-electron chi connectivity index (χ2n) is 8.86. The molecule has 1 aliphatic rings. The van der Waals surface area contributed by atoms with Crippen molar-refractivity contribution in [1.29, 1.82) is 0 Å². The highest BCUT2D eigenvalue weighted by molar-refractivity contribution is 7.07. The average molecular weight is 557 g/mol. The van der Waals surface area contributed by atoms with Gasteiger partial charge in [-0.25, -0.2) is 9.79 Å². The lowest BCUT2D eigenvalue weighted by Crippen LogP contribution is -2.40. The topological polar surface area (TPSA) is 99.4 Å². The number of fused-ring (bicyclic) bond motifs is 1. The normalized spacial score (nSPS) is 14.9. The molecule has 0 saturated carbocycles. The summed E-state index contributed by atoms with van der Waals surface area (Å²) in [5.41, 5.74) is 2.56. The molecular weight excluding hydrogens is 528 g/mol. The van der Waals surface area contributed by atoms with Gasteiger partial charge in [-0.3, -0.25) is 9.36 Å². The summed E-state index contributed by atoms with van der Waals surface area (Å²) in [6, 6.07) is 20.8. The second-order valence-corrected chi connectivity index (χ2v) is 9.87. The maximum absolute atomic E-state index is 14.0. The van der Waals surface area contributed by atoms with E-state index in [1.807, 2.05) is 49.4 Å². The van der Waals surface area contributed by atoms with E-state index in [1.54, 1.807) is 48.9 Å². The number of rotatable bonds is 8. The van der Waals surface area contributed by atoms with Gasteiger partial charge in [0.1, 0.15) is 5.75 Å². The fourth-order valence-electron chi connectivity index (χ4n) is 4.58. The summed E-state index contributed by atoms with van der Waals surface area (Å²) in [5.74, 6) is 0.460. The minimum Gasteiger partial charge on any atom is -0.504 e. The predicted molar refractivity (Wildman–Crippen MR) is 153 cm³/mol. The zero-order valence-electron chi connectivity index (χ0n) is 22.3. The molecule has 0 amide bonds. The molecule has 4 aromatic rings. The largest absolute Gasteiger partial charge is 0.504 e. The van der Waals surface area contributed by atoms with E-state index in [2.05, 4.69) is 0 Å². The van der Waals surface area contributed by atoms with Crippen LogP contribution in [0, 0.1) is 0 Å². The van der Waals surface area contributed by atoms with E-state index in [9.17, 15) is 14.7 Å². The number of hydrogen-bond donors (Lipinski definition) is 1. The Labute approximate surface area is 234 Å². The first kappa shape index (κ1) is 27.0. The zero-order valence-corrected chi connectivity index (χ0v) is 23.1. The van der Waals surface area contributed by atoms with E-state index in [-0.39, 0.29) is 23.5 Å². The van der Waals surface area contributed by atoms with Gasteiger partial charge in [0.15, 0.2) is 16.3 Å². The second kappa shape index (κ2) is 11.6. The third-order valence-electron chi connectivity index (χ3n) is 6.39. The minimum atomic E-state index is -0.780. The molecule has 204 valence electrons. The molecule has 0 fully saturated rings. The molecule has 40 heavy (non-hydrogen) atoms. The van der Waals surface area contributed by atoms with Crippen molar-refractivity contribution >= 4 is 29.1 Å². The van der Waals surface area contributed by atoms with Gasteiger partial charge in [0.2, 0.25) is 0 Å². The first-order valence-corrected chi connectivity index (χ1v) is 13.6. The van der Waals surface area contributed by atoms with Crippen molar-refractivity contribution in [3.05, 3.63) is 115 Å². The highest BCUT2D eigenvalue weighted by Gasteiger charge is 2.35. The van der Waals surface area contributed by atoms with Crippen molar-refractivity contribution in [3.8, 4) is 17.2 Å². The summed E-state index contributed by atoms with van der Waals surface area (Å²) in [6.45, 7) is 4.13. The fraction of sp³-hybridized carbons (Fsp3) is 0.194. The van der Waals surface area contributed by atoms with Crippen LogP contribution in [-0.4, -0.2) is 36.0 Å². The average Bonchev–Trinajstić information content (AvgIpc) is 3.29. The van der Waals surface area contributed by atoms with Crippen LogP contribution in [-0.2, 0) is 9.53 Å². The maximum Gasteiger partial charge on any atom is 0.338 e. The number of nitrogens with zero attached hydrogens (tertiary/aromatic N) is 2. The molecule has 1 N–H and O–H groups in total. The monoisotopic (exact) mass is 556 g/mol. The number of aromatic nitrogens is 1. The van der Waals surface area contributed by atoms with Crippen LogP contribution in [0.25, 0.3) is 11.8 Å². The van der Waals surface area contributed by atoms with Gasteiger partial charge < -0.3 is 19.3 Å². The van der Waals surface area contributed by atoms with E-state index >= 15 is 0 Å². The smallest absolute Gasteiger partial charge is 0.338 e. The number of carbonyl (C=O) groups is 1. The first-order chi connectivity index (χ1) is 19.4. The van der Waals surface area contributed by atoms with Crippen LogP contribution in [0.2, 0.25) is 0 Å². The number of methoxy groups -OCH3 is 1. The number of ether oxygens (including phenoxy) is 3. The molecule has 0 saturated heterocycles. The summed E-state index contributed by atoms with van der Waals surface area (Å²) < 4.78 is 18.3. The summed E-state index contributed by atoms with van der Waals surface area (Å²) >= 11 is 1.23. The fourth-order valence-corrected chi connectivity index (χ4v) is 5.59. The van der Waals surface area contributed by atoms with Crippen LogP contribution < -0.4 is 24.4 Å². The minimum absolute atomic E-state index is 0.0200. The van der Waals surface area contributed by atoms with Crippen LogP contribution in [0.4, 0.5) is 0 Å². The third kappa shape index (κ3) is 5.15. The number of benzene rings is 3. The molecule has 0 unspecified atom stereocenters. The lowest BCUT2D eigenvalue weighted by atomic mass is 9.93. The number of phenolic OH excluding ortho intramolecular Hbond substituents is 1. The Morgan fingerprint density at radius 1 is 1.05 bits per heavy atom. The van der Waals surface area contributed by atoms with Crippen molar-refractivity contribution in [1.82, 2.24) is 4.57 Å². The lowest BCUT2D eigenvalue weighted by Gasteiger charge is -2.26. The van der Waals surface area contributed by atoms with E-state index in [4.69, 9.17) is 19.2 Å². The molecule has 8 nitrogen and oxygen atoms in total. The number of phenols is 1. The van der Waals surface area contributed by atoms with Crippen molar-refractivity contribution in [3.63, 3.8) is 0 Å². The predicted octanol–water partition coefficient (Wildman–Crippen LogP) is 4.05. The number of thiazole rings is 1. The van der Waals surface area contributed by atoms with Gasteiger partial charge in [-0.05, 0) is 55.3 Å². The van der Waals surface area contributed by atoms with Crippen LogP contribution in [0.1, 0.15) is 36.6 Å². The Morgan fingerprint density at radius 3 is 2.48 bits per heavy atom. The molecule has 0 bridgehead atoms. The molecule has 1 atom stereocenters. The number of aromatic hydroxyl groups is 1. The Hall–Kier alpha value is -4.63. The standard InChI is InChI=1S/C31H28N2O6S/c1-4-38-24-17-19(11-16-23(24)34)18-25-29(35)33-28(21-12-14-22(37-3)15-13-21)26(30(36)39-5-2)27(32-31(33)40-25)20-9-7-6-8-10-20/h6-18,28,34H,4-5H2,1-3H3/b25-18-/t28-/m1/s1.